The molecule has 0 radical (unpaired) electrons. The van der Waals surface area contributed by atoms with E-state index in [1.807, 2.05) is 12.1 Å². The van der Waals surface area contributed by atoms with E-state index >= 15 is 0 Å². The quantitative estimate of drug-likeness (QED) is 0.604. The second kappa shape index (κ2) is 6.38. The van der Waals surface area contributed by atoms with E-state index in [4.69, 9.17) is 5.26 Å². The van der Waals surface area contributed by atoms with Crippen LogP contribution in [0.5, 0.6) is 0 Å². The Morgan fingerprint density at radius 3 is 3.00 bits per heavy atom. The van der Waals surface area contributed by atoms with Crippen LogP contribution in [0, 0.1) is 11.3 Å². The summed E-state index contributed by atoms with van der Waals surface area (Å²) in [5.74, 6) is -0.373. The number of carbonyl (C=O) groups excluding carboxylic acids is 1. The standard InChI is InChI=1S/C18H11N5O2S/c19-8-11-3-1-4-12(7-11)22-14(24)9-23-10-21-15-13-5-2-6-20-17(13)26-16(15)18(23)25/h1-7,10H,9H2,(H,22,24). The van der Waals surface area contributed by atoms with Crippen LogP contribution in [0.15, 0.2) is 53.7 Å². The molecule has 126 valence electrons. The van der Waals surface area contributed by atoms with Crippen LogP contribution in [-0.4, -0.2) is 20.4 Å². The molecule has 26 heavy (non-hydrogen) atoms. The Balaban J connectivity index is 1.63. The van der Waals surface area contributed by atoms with E-state index in [1.165, 1.54) is 22.2 Å². The van der Waals surface area contributed by atoms with Crippen molar-refractivity contribution < 1.29 is 4.79 Å². The number of nitrogens with zero attached hydrogens (tertiary/aromatic N) is 4. The van der Waals surface area contributed by atoms with E-state index in [2.05, 4.69) is 15.3 Å². The number of anilines is 1. The van der Waals surface area contributed by atoms with Crippen molar-refractivity contribution in [3.05, 3.63) is 64.8 Å². The molecule has 3 aromatic heterocycles. The van der Waals surface area contributed by atoms with Crippen molar-refractivity contribution in [3.8, 4) is 6.07 Å². The third-order valence-electron chi connectivity index (χ3n) is 3.81. The van der Waals surface area contributed by atoms with E-state index < -0.39 is 0 Å². The molecular formula is C18H11N5O2S. The lowest BCUT2D eigenvalue weighted by atomic mass is 10.2. The van der Waals surface area contributed by atoms with Gasteiger partial charge in [-0.05, 0) is 30.3 Å². The largest absolute Gasteiger partial charge is 0.324 e. The zero-order valence-corrected chi connectivity index (χ0v) is 14.2. The molecule has 3 heterocycles. The van der Waals surface area contributed by atoms with Crippen molar-refractivity contribution in [1.82, 2.24) is 14.5 Å². The number of amides is 1. The van der Waals surface area contributed by atoms with Crippen molar-refractivity contribution >= 4 is 43.4 Å². The van der Waals surface area contributed by atoms with Gasteiger partial charge in [-0.3, -0.25) is 14.2 Å². The fourth-order valence-electron chi connectivity index (χ4n) is 2.64. The highest BCUT2D eigenvalue weighted by molar-refractivity contribution is 7.25. The lowest BCUT2D eigenvalue weighted by molar-refractivity contribution is -0.116. The van der Waals surface area contributed by atoms with Gasteiger partial charge in [0.25, 0.3) is 5.56 Å². The molecule has 7 nitrogen and oxygen atoms in total. The smallest absolute Gasteiger partial charge is 0.271 e. The summed E-state index contributed by atoms with van der Waals surface area (Å²) in [6, 6.07) is 12.3. The Labute approximate surface area is 151 Å². The molecule has 0 aliphatic carbocycles. The van der Waals surface area contributed by atoms with E-state index in [9.17, 15) is 9.59 Å². The molecule has 0 spiro atoms. The average Bonchev–Trinajstić information content (AvgIpc) is 3.04. The molecule has 4 rings (SSSR count). The van der Waals surface area contributed by atoms with Crippen molar-refractivity contribution in [2.75, 3.05) is 5.32 Å². The number of hydrogen-bond donors (Lipinski definition) is 1. The zero-order valence-electron chi connectivity index (χ0n) is 13.3. The highest BCUT2D eigenvalue weighted by Crippen LogP contribution is 2.27. The number of hydrogen-bond acceptors (Lipinski definition) is 6. The number of thiophene rings is 1. The van der Waals surface area contributed by atoms with Crippen molar-refractivity contribution in [1.29, 1.82) is 5.26 Å². The van der Waals surface area contributed by atoms with Crippen LogP contribution in [0.25, 0.3) is 20.4 Å². The van der Waals surface area contributed by atoms with Gasteiger partial charge in [0.15, 0.2) is 0 Å². The van der Waals surface area contributed by atoms with E-state index in [0.717, 1.165) is 10.2 Å². The fraction of sp³-hybridized carbons (Fsp3) is 0.0556. The zero-order chi connectivity index (χ0) is 18.1. The Bertz CT molecular complexity index is 1250. The van der Waals surface area contributed by atoms with Crippen LogP contribution in [-0.2, 0) is 11.3 Å². The first-order valence-corrected chi connectivity index (χ1v) is 8.50. The molecule has 0 saturated carbocycles. The first-order chi connectivity index (χ1) is 12.7. The first-order valence-electron chi connectivity index (χ1n) is 7.68. The Hall–Kier alpha value is -3.57. The van der Waals surface area contributed by atoms with Gasteiger partial charge in [0.2, 0.25) is 5.91 Å². The number of carbonyl (C=O) groups is 1. The van der Waals surface area contributed by atoms with E-state index in [1.54, 1.807) is 36.5 Å². The van der Waals surface area contributed by atoms with Crippen LogP contribution in [0.3, 0.4) is 0 Å². The molecule has 4 aromatic rings. The van der Waals surface area contributed by atoms with Crippen LogP contribution in [0.1, 0.15) is 5.56 Å². The monoisotopic (exact) mass is 361 g/mol. The van der Waals surface area contributed by atoms with Gasteiger partial charge >= 0.3 is 0 Å². The number of rotatable bonds is 3. The third kappa shape index (κ3) is 2.81. The van der Waals surface area contributed by atoms with Gasteiger partial charge in [-0.2, -0.15) is 5.26 Å². The summed E-state index contributed by atoms with van der Waals surface area (Å²) in [5.41, 5.74) is 1.27. The minimum absolute atomic E-state index is 0.166. The van der Waals surface area contributed by atoms with Crippen molar-refractivity contribution in [3.63, 3.8) is 0 Å². The highest BCUT2D eigenvalue weighted by atomic mass is 32.1. The molecule has 1 aromatic carbocycles. The minimum atomic E-state index is -0.373. The lowest BCUT2D eigenvalue weighted by Gasteiger charge is -2.07. The second-order valence-electron chi connectivity index (χ2n) is 5.55. The maximum atomic E-state index is 12.7. The van der Waals surface area contributed by atoms with Crippen molar-refractivity contribution in [2.24, 2.45) is 0 Å². The molecule has 0 aliphatic heterocycles. The van der Waals surface area contributed by atoms with Gasteiger partial charge in [-0.1, -0.05) is 6.07 Å². The molecule has 0 atom stereocenters. The van der Waals surface area contributed by atoms with Gasteiger partial charge in [-0.15, -0.1) is 11.3 Å². The normalized spacial score (nSPS) is 10.7. The SMILES string of the molecule is N#Cc1cccc(NC(=O)Cn2cnc3c(sc4ncccc43)c2=O)c1. The first kappa shape index (κ1) is 15.9. The predicted molar refractivity (Wildman–Crippen MR) is 99.0 cm³/mol. The number of pyridine rings is 1. The molecule has 0 fully saturated rings. The average molecular weight is 361 g/mol. The van der Waals surface area contributed by atoms with Gasteiger partial charge in [0.05, 0.1) is 23.5 Å². The molecule has 1 amide bonds. The summed E-state index contributed by atoms with van der Waals surface area (Å²) in [5, 5.41) is 12.4. The van der Waals surface area contributed by atoms with Gasteiger partial charge in [-0.25, -0.2) is 9.97 Å². The number of nitriles is 1. The maximum Gasteiger partial charge on any atom is 0.271 e. The topological polar surface area (TPSA) is 101 Å². The molecule has 0 aliphatic rings. The summed E-state index contributed by atoms with van der Waals surface area (Å²) in [6.45, 7) is -0.166. The van der Waals surface area contributed by atoms with Gasteiger partial charge in [0, 0.05) is 17.3 Å². The molecular weight excluding hydrogens is 350 g/mol. The number of benzene rings is 1. The van der Waals surface area contributed by atoms with Crippen LogP contribution in [0.4, 0.5) is 5.69 Å². The minimum Gasteiger partial charge on any atom is -0.324 e. The summed E-state index contributed by atoms with van der Waals surface area (Å²) in [4.78, 5) is 34.2. The number of aromatic nitrogens is 3. The summed E-state index contributed by atoms with van der Waals surface area (Å²) < 4.78 is 1.74. The number of fused-ring (bicyclic) bond motifs is 3. The Morgan fingerprint density at radius 1 is 1.27 bits per heavy atom. The van der Waals surface area contributed by atoms with E-state index in [-0.39, 0.29) is 18.0 Å². The van der Waals surface area contributed by atoms with Crippen LogP contribution >= 0.6 is 11.3 Å². The van der Waals surface area contributed by atoms with Gasteiger partial charge in [0.1, 0.15) is 16.1 Å². The maximum absolute atomic E-state index is 12.7. The second-order valence-corrected chi connectivity index (χ2v) is 6.55. The Kier molecular flexibility index (Phi) is 3.91. The molecule has 1 N–H and O–H groups in total. The number of nitrogens with one attached hydrogen (secondary N) is 1. The highest BCUT2D eigenvalue weighted by Gasteiger charge is 2.13. The summed E-state index contributed by atoms with van der Waals surface area (Å²) in [7, 11) is 0. The predicted octanol–water partition coefficient (Wildman–Crippen LogP) is 2.52. The summed E-state index contributed by atoms with van der Waals surface area (Å²) >= 11 is 1.26. The Morgan fingerprint density at radius 2 is 2.15 bits per heavy atom. The van der Waals surface area contributed by atoms with Gasteiger partial charge < -0.3 is 5.32 Å². The van der Waals surface area contributed by atoms with Crippen molar-refractivity contribution in [2.45, 2.75) is 6.54 Å². The molecule has 0 saturated heterocycles. The van der Waals surface area contributed by atoms with E-state index in [0.29, 0.717) is 21.5 Å². The summed E-state index contributed by atoms with van der Waals surface area (Å²) in [6.07, 6.45) is 3.04. The molecule has 0 bridgehead atoms. The lowest BCUT2D eigenvalue weighted by Crippen LogP contribution is -2.27. The molecule has 0 unspecified atom stereocenters. The van der Waals surface area contributed by atoms with Crippen LogP contribution in [0.2, 0.25) is 0 Å². The fourth-order valence-corrected chi connectivity index (χ4v) is 3.68. The molecule has 8 heteroatoms. The third-order valence-corrected chi connectivity index (χ3v) is 4.90. The van der Waals surface area contributed by atoms with Crippen LogP contribution < -0.4 is 10.9 Å².